The molecule has 0 saturated carbocycles. The number of guanidine groups is 1. The Balaban J connectivity index is 2.56. The van der Waals surface area contributed by atoms with E-state index in [-0.39, 0.29) is 0 Å². The van der Waals surface area contributed by atoms with Gasteiger partial charge in [0.25, 0.3) is 0 Å². The SMILES string of the molecule is CCNC(=NCc1ccc(COC)cc1)NCC(CC)CC. The van der Waals surface area contributed by atoms with Crippen molar-refractivity contribution in [2.75, 3.05) is 20.2 Å². The highest BCUT2D eigenvalue weighted by molar-refractivity contribution is 5.79. The fourth-order valence-electron chi connectivity index (χ4n) is 2.24. The van der Waals surface area contributed by atoms with E-state index in [1.54, 1.807) is 7.11 Å². The van der Waals surface area contributed by atoms with Gasteiger partial charge in [0.05, 0.1) is 13.2 Å². The molecule has 0 aliphatic carbocycles. The molecule has 0 spiro atoms. The number of hydrogen-bond donors (Lipinski definition) is 2. The number of nitrogens with one attached hydrogen (secondary N) is 2. The lowest BCUT2D eigenvalue weighted by molar-refractivity contribution is 0.185. The molecule has 1 rings (SSSR count). The van der Waals surface area contributed by atoms with Crippen molar-refractivity contribution in [3.05, 3.63) is 35.4 Å². The average molecular weight is 305 g/mol. The fraction of sp³-hybridized carbons (Fsp3) is 0.611. The van der Waals surface area contributed by atoms with E-state index in [2.05, 4.69) is 60.7 Å². The molecule has 0 amide bonds. The van der Waals surface area contributed by atoms with Crippen molar-refractivity contribution in [1.82, 2.24) is 10.6 Å². The van der Waals surface area contributed by atoms with Gasteiger partial charge in [-0.2, -0.15) is 0 Å². The van der Waals surface area contributed by atoms with E-state index in [1.807, 2.05) is 0 Å². The molecule has 2 N–H and O–H groups in total. The van der Waals surface area contributed by atoms with E-state index >= 15 is 0 Å². The zero-order valence-electron chi connectivity index (χ0n) is 14.5. The predicted molar refractivity (Wildman–Crippen MR) is 94.0 cm³/mol. The lowest BCUT2D eigenvalue weighted by Crippen LogP contribution is -2.39. The summed E-state index contributed by atoms with van der Waals surface area (Å²) >= 11 is 0. The van der Waals surface area contributed by atoms with Crippen LogP contribution in [0.2, 0.25) is 0 Å². The molecule has 0 unspecified atom stereocenters. The lowest BCUT2D eigenvalue weighted by Gasteiger charge is -2.16. The molecular weight excluding hydrogens is 274 g/mol. The van der Waals surface area contributed by atoms with Gasteiger partial charge >= 0.3 is 0 Å². The van der Waals surface area contributed by atoms with Crippen LogP contribution in [0.3, 0.4) is 0 Å². The maximum Gasteiger partial charge on any atom is 0.191 e. The minimum absolute atomic E-state index is 0.656. The first-order chi connectivity index (χ1) is 10.7. The molecule has 0 saturated heterocycles. The van der Waals surface area contributed by atoms with Crippen molar-refractivity contribution < 1.29 is 4.74 Å². The largest absolute Gasteiger partial charge is 0.380 e. The van der Waals surface area contributed by atoms with Crippen molar-refractivity contribution in [2.45, 2.75) is 46.8 Å². The first-order valence-corrected chi connectivity index (χ1v) is 8.32. The Labute approximate surface area is 135 Å². The molecule has 0 heterocycles. The number of hydrogen-bond acceptors (Lipinski definition) is 2. The van der Waals surface area contributed by atoms with Gasteiger partial charge in [-0.1, -0.05) is 51.0 Å². The van der Waals surface area contributed by atoms with Crippen LogP contribution in [-0.4, -0.2) is 26.2 Å². The molecule has 0 radical (unpaired) electrons. The topological polar surface area (TPSA) is 45.7 Å². The highest BCUT2D eigenvalue weighted by atomic mass is 16.5. The number of ether oxygens (including phenoxy) is 1. The van der Waals surface area contributed by atoms with E-state index in [4.69, 9.17) is 4.74 Å². The number of rotatable bonds is 9. The third kappa shape index (κ3) is 6.94. The number of methoxy groups -OCH3 is 1. The summed E-state index contributed by atoms with van der Waals surface area (Å²) in [7, 11) is 1.71. The maximum atomic E-state index is 5.13. The zero-order valence-corrected chi connectivity index (χ0v) is 14.5. The van der Waals surface area contributed by atoms with Gasteiger partial charge in [-0.15, -0.1) is 0 Å². The van der Waals surface area contributed by atoms with Crippen LogP contribution in [-0.2, 0) is 17.9 Å². The normalized spacial score (nSPS) is 11.8. The Morgan fingerprint density at radius 3 is 2.23 bits per heavy atom. The molecule has 0 aliphatic heterocycles. The second-order valence-corrected chi connectivity index (χ2v) is 5.51. The Kier molecular flexibility index (Phi) is 9.31. The molecule has 0 fully saturated rings. The molecule has 0 atom stereocenters. The van der Waals surface area contributed by atoms with E-state index in [0.29, 0.717) is 19.1 Å². The van der Waals surface area contributed by atoms with Crippen molar-refractivity contribution in [3.8, 4) is 0 Å². The van der Waals surface area contributed by atoms with Crippen molar-refractivity contribution in [2.24, 2.45) is 10.9 Å². The zero-order chi connectivity index (χ0) is 16.2. The van der Waals surface area contributed by atoms with Crippen LogP contribution in [0, 0.1) is 5.92 Å². The van der Waals surface area contributed by atoms with Crippen molar-refractivity contribution >= 4 is 5.96 Å². The number of nitrogens with zero attached hydrogens (tertiary/aromatic N) is 1. The number of aliphatic imine (C=N–C) groups is 1. The van der Waals surface area contributed by atoms with E-state index < -0.39 is 0 Å². The monoisotopic (exact) mass is 305 g/mol. The summed E-state index contributed by atoms with van der Waals surface area (Å²) in [6.45, 7) is 9.76. The average Bonchev–Trinajstić information content (AvgIpc) is 2.55. The minimum atomic E-state index is 0.656. The van der Waals surface area contributed by atoms with Crippen molar-refractivity contribution in [3.63, 3.8) is 0 Å². The third-order valence-corrected chi connectivity index (χ3v) is 3.81. The van der Waals surface area contributed by atoms with Crippen LogP contribution in [0.15, 0.2) is 29.3 Å². The van der Waals surface area contributed by atoms with Crippen LogP contribution < -0.4 is 10.6 Å². The summed E-state index contributed by atoms with van der Waals surface area (Å²) in [6.07, 6.45) is 2.40. The van der Waals surface area contributed by atoms with Crippen LogP contribution in [0.25, 0.3) is 0 Å². The lowest BCUT2D eigenvalue weighted by atomic mass is 10.0. The minimum Gasteiger partial charge on any atom is -0.380 e. The molecule has 4 heteroatoms. The molecule has 1 aromatic carbocycles. The van der Waals surface area contributed by atoms with E-state index in [1.165, 1.54) is 24.0 Å². The summed E-state index contributed by atoms with van der Waals surface area (Å²) in [5.74, 6) is 1.60. The summed E-state index contributed by atoms with van der Waals surface area (Å²) in [5.41, 5.74) is 2.40. The summed E-state index contributed by atoms with van der Waals surface area (Å²) in [4.78, 5) is 4.66. The van der Waals surface area contributed by atoms with Gasteiger partial charge in [0.15, 0.2) is 5.96 Å². The van der Waals surface area contributed by atoms with Crippen LogP contribution >= 0.6 is 0 Å². The van der Waals surface area contributed by atoms with Crippen LogP contribution in [0.4, 0.5) is 0 Å². The standard InChI is InChI=1S/C18H31N3O/c1-5-15(6-2)12-20-18(19-7-3)21-13-16-8-10-17(11-9-16)14-22-4/h8-11,15H,5-7,12-14H2,1-4H3,(H2,19,20,21). The van der Waals surface area contributed by atoms with Gasteiger partial charge in [-0.05, 0) is 24.0 Å². The molecule has 0 bridgehead atoms. The molecule has 1 aromatic rings. The molecule has 22 heavy (non-hydrogen) atoms. The molecule has 0 aromatic heterocycles. The Morgan fingerprint density at radius 1 is 1.05 bits per heavy atom. The highest BCUT2D eigenvalue weighted by Crippen LogP contribution is 2.07. The van der Waals surface area contributed by atoms with Crippen LogP contribution in [0.5, 0.6) is 0 Å². The van der Waals surface area contributed by atoms with Crippen molar-refractivity contribution in [1.29, 1.82) is 0 Å². The van der Waals surface area contributed by atoms with Gasteiger partial charge in [-0.25, -0.2) is 4.99 Å². The second-order valence-electron chi connectivity index (χ2n) is 5.51. The van der Waals surface area contributed by atoms with Gasteiger partial charge in [0, 0.05) is 20.2 Å². The third-order valence-electron chi connectivity index (χ3n) is 3.81. The quantitative estimate of drug-likeness (QED) is 0.543. The Bertz CT molecular complexity index is 424. The maximum absolute atomic E-state index is 5.13. The molecule has 4 nitrogen and oxygen atoms in total. The smallest absolute Gasteiger partial charge is 0.191 e. The summed E-state index contributed by atoms with van der Waals surface area (Å²) < 4.78 is 5.13. The molecular formula is C18H31N3O. The first-order valence-electron chi connectivity index (χ1n) is 8.32. The fourth-order valence-corrected chi connectivity index (χ4v) is 2.24. The highest BCUT2D eigenvalue weighted by Gasteiger charge is 2.04. The Morgan fingerprint density at radius 2 is 1.68 bits per heavy atom. The van der Waals surface area contributed by atoms with Crippen LogP contribution in [0.1, 0.15) is 44.7 Å². The number of benzene rings is 1. The molecule has 124 valence electrons. The van der Waals surface area contributed by atoms with E-state index in [9.17, 15) is 0 Å². The van der Waals surface area contributed by atoms with E-state index in [0.717, 1.165) is 19.0 Å². The Hall–Kier alpha value is -1.55. The van der Waals surface area contributed by atoms with Gasteiger partial charge < -0.3 is 15.4 Å². The first kappa shape index (κ1) is 18.5. The summed E-state index contributed by atoms with van der Waals surface area (Å²) in [5, 5.41) is 6.75. The van der Waals surface area contributed by atoms with Gasteiger partial charge in [0.1, 0.15) is 0 Å². The van der Waals surface area contributed by atoms with Gasteiger partial charge in [0.2, 0.25) is 0 Å². The summed E-state index contributed by atoms with van der Waals surface area (Å²) in [6, 6.07) is 8.42. The predicted octanol–water partition coefficient (Wildman–Crippen LogP) is 3.32. The van der Waals surface area contributed by atoms with Gasteiger partial charge in [-0.3, -0.25) is 0 Å². The molecule has 0 aliphatic rings. The second kappa shape index (κ2) is 11.1.